The van der Waals surface area contributed by atoms with Gasteiger partial charge in [-0.05, 0) is 44.0 Å². The van der Waals surface area contributed by atoms with E-state index in [1.807, 2.05) is 46.0 Å². The molecule has 1 heterocycles. The summed E-state index contributed by atoms with van der Waals surface area (Å²) < 4.78 is 5.62. The first-order valence-electron chi connectivity index (χ1n) is 9.70. The number of hydrogen-bond acceptors (Lipinski definition) is 3. The van der Waals surface area contributed by atoms with Gasteiger partial charge >= 0.3 is 6.09 Å². The van der Waals surface area contributed by atoms with Gasteiger partial charge in [-0.1, -0.05) is 54.1 Å². The highest BCUT2D eigenvalue weighted by Crippen LogP contribution is 2.33. The summed E-state index contributed by atoms with van der Waals surface area (Å²) >= 11 is 6.08. The summed E-state index contributed by atoms with van der Waals surface area (Å²) in [5.74, 6) is 0.207. The first-order valence-corrected chi connectivity index (χ1v) is 10.1. The number of amides is 1. The van der Waals surface area contributed by atoms with Crippen LogP contribution in [0.1, 0.15) is 37.8 Å². The number of benzene rings is 2. The second-order valence-corrected chi connectivity index (χ2v) is 8.93. The number of carbonyl (C=O) groups excluding carboxylic acids is 1. The van der Waals surface area contributed by atoms with Crippen molar-refractivity contribution in [3.05, 3.63) is 70.7 Å². The molecule has 4 nitrogen and oxygen atoms in total. The van der Waals surface area contributed by atoms with Gasteiger partial charge in [0.15, 0.2) is 0 Å². The maximum Gasteiger partial charge on any atom is 0.410 e. The van der Waals surface area contributed by atoms with Crippen molar-refractivity contribution in [2.24, 2.45) is 0 Å². The highest BCUT2D eigenvalue weighted by molar-refractivity contribution is 6.30. The van der Waals surface area contributed by atoms with Gasteiger partial charge in [0.05, 0.1) is 6.04 Å². The molecule has 150 valence electrons. The molecular formula is C23H29ClN2O2. The van der Waals surface area contributed by atoms with E-state index < -0.39 is 5.60 Å². The summed E-state index contributed by atoms with van der Waals surface area (Å²) in [6.07, 6.45) is -0.280. The number of likely N-dealkylation sites (tertiary alicyclic amines) is 1. The van der Waals surface area contributed by atoms with E-state index in [-0.39, 0.29) is 18.1 Å². The summed E-state index contributed by atoms with van der Waals surface area (Å²) in [4.78, 5) is 16.9. The third kappa shape index (κ3) is 5.27. The Kier molecular flexibility index (Phi) is 6.31. The van der Waals surface area contributed by atoms with Gasteiger partial charge in [-0.2, -0.15) is 0 Å². The van der Waals surface area contributed by atoms with Crippen LogP contribution >= 0.6 is 11.6 Å². The fourth-order valence-corrected chi connectivity index (χ4v) is 3.86. The van der Waals surface area contributed by atoms with Crippen LogP contribution in [-0.4, -0.2) is 47.7 Å². The molecule has 0 spiro atoms. The average molecular weight is 401 g/mol. The summed E-state index contributed by atoms with van der Waals surface area (Å²) in [6, 6.07) is 18.4. The molecular weight excluding hydrogens is 372 g/mol. The SMILES string of the molecule is CN(C(=O)OC(C)(C)C)C1CN(Cc2ccccc2)CC1c1ccc(Cl)cc1. The summed E-state index contributed by atoms with van der Waals surface area (Å²) in [5, 5.41) is 0.722. The number of ether oxygens (including phenoxy) is 1. The number of carbonyl (C=O) groups is 1. The third-order valence-corrected chi connectivity index (χ3v) is 5.34. The lowest BCUT2D eigenvalue weighted by atomic mass is 9.93. The molecule has 28 heavy (non-hydrogen) atoms. The molecule has 0 aliphatic carbocycles. The van der Waals surface area contributed by atoms with Crippen molar-refractivity contribution in [3.8, 4) is 0 Å². The maximum absolute atomic E-state index is 12.7. The molecule has 0 aromatic heterocycles. The van der Waals surface area contributed by atoms with Gasteiger partial charge in [0.25, 0.3) is 0 Å². The van der Waals surface area contributed by atoms with Gasteiger partial charge in [-0.3, -0.25) is 4.90 Å². The van der Waals surface area contributed by atoms with Crippen molar-refractivity contribution in [1.82, 2.24) is 9.80 Å². The minimum Gasteiger partial charge on any atom is -0.444 e. The minimum absolute atomic E-state index is 0.0414. The van der Waals surface area contributed by atoms with E-state index in [1.54, 1.807) is 4.90 Å². The topological polar surface area (TPSA) is 32.8 Å². The molecule has 2 atom stereocenters. The molecule has 1 amide bonds. The molecule has 2 aromatic rings. The molecule has 1 aliphatic heterocycles. The zero-order valence-electron chi connectivity index (χ0n) is 17.1. The van der Waals surface area contributed by atoms with Gasteiger partial charge in [0.1, 0.15) is 5.60 Å². The second kappa shape index (κ2) is 8.54. The van der Waals surface area contributed by atoms with Crippen molar-refractivity contribution in [2.45, 2.75) is 44.9 Å². The number of rotatable bonds is 4. The van der Waals surface area contributed by atoms with Gasteiger partial charge in [0, 0.05) is 37.6 Å². The van der Waals surface area contributed by atoms with Crippen molar-refractivity contribution < 1.29 is 9.53 Å². The molecule has 1 saturated heterocycles. The Morgan fingerprint density at radius 1 is 1.11 bits per heavy atom. The standard InChI is InChI=1S/C23H29ClN2O2/c1-23(2,3)28-22(27)25(4)21-16-26(14-17-8-6-5-7-9-17)15-20(21)18-10-12-19(24)13-11-18/h5-13,20-21H,14-16H2,1-4H3. The maximum atomic E-state index is 12.7. The fraction of sp³-hybridized carbons (Fsp3) is 0.435. The van der Waals surface area contributed by atoms with E-state index in [2.05, 4.69) is 41.3 Å². The quantitative estimate of drug-likeness (QED) is 0.709. The normalized spacial score (nSPS) is 20.2. The van der Waals surface area contributed by atoms with Crippen LogP contribution < -0.4 is 0 Å². The first kappa shape index (κ1) is 20.7. The zero-order valence-corrected chi connectivity index (χ0v) is 17.8. The van der Waals surface area contributed by atoms with Crippen molar-refractivity contribution in [2.75, 3.05) is 20.1 Å². The van der Waals surface area contributed by atoms with E-state index in [1.165, 1.54) is 11.1 Å². The average Bonchev–Trinajstić information content (AvgIpc) is 3.04. The molecule has 1 fully saturated rings. The molecule has 0 saturated carbocycles. The Balaban J connectivity index is 1.81. The zero-order chi connectivity index (χ0) is 20.3. The predicted octanol–water partition coefficient (Wildman–Crippen LogP) is 5.17. The Hall–Kier alpha value is -2.04. The smallest absolute Gasteiger partial charge is 0.410 e. The van der Waals surface area contributed by atoms with Crippen LogP contribution in [0, 0.1) is 0 Å². The minimum atomic E-state index is -0.510. The Labute approximate surface area is 173 Å². The van der Waals surface area contributed by atoms with Crippen molar-refractivity contribution in [1.29, 1.82) is 0 Å². The molecule has 0 N–H and O–H groups in total. The van der Waals surface area contributed by atoms with Crippen LogP contribution in [0.3, 0.4) is 0 Å². The lowest BCUT2D eigenvalue weighted by Crippen LogP contribution is -2.44. The molecule has 1 aliphatic rings. The van der Waals surface area contributed by atoms with Crippen LogP contribution in [0.2, 0.25) is 5.02 Å². The summed E-state index contributed by atoms with van der Waals surface area (Å²) in [5.41, 5.74) is 1.96. The lowest BCUT2D eigenvalue weighted by Gasteiger charge is -2.31. The van der Waals surface area contributed by atoms with Crippen LogP contribution in [0.25, 0.3) is 0 Å². The van der Waals surface area contributed by atoms with Gasteiger partial charge in [-0.15, -0.1) is 0 Å². The first-order chi connectivity index (χ1) is 13.2. The van der Waals surface area contributed by atoms with Crippen molar-refractivity contribution in [3.63, 3.8) is 0 Å². The Morgan fingerprint density at radius 3 is 2.36 bits per heavy atom. The molecule has 5 heteroatoms. The molecule has 2 aromatic carbocycles. The van der Waals surface area contributed by atoms with Crippen LogP contribution in [-0.2, 0) is 11.3 Å². The number of halogens is 1. The fourth-order valence-electron chi connectivity index (χ4n) is 3.74. The molecule has 2 unspecified atom stereocenters. The second-order valence-electron chi connectivity index (χ2n) is 8.50. The number of nitrogens with zero attached hydrogens (tertiary/aromatic N) is 2. The number of hydrogen-bond donors (Lipinski definition) is 0. The van der Waals surface area contributed by atoms with Gasteiger partial charge in [-0.25, -0.2) is 4.79 Å². The Bertz CT molecular complexity index is 786. The highest BCUT2D eigenvalue weighted by atomic mass is 35.5. The van der Waals surface area contributed by atoms with Crippen LogP contribution in [0.4, 0.5) is 4.79 Å². The van der Waals surface area contributed by atoms with Gasteiger partial charge in [0.2, 0.25) is 0 Å². The Morgan fingerprint density at radius 2 is 1.75 bits per heavy atom. The monoisotopic (exact) mass is 400 g/mol. The van der Waals surface area contributed by atoms with E-state index >= 15 is 0 Å². The van der Waals surface area contributed by atoms with Crippen LogP contribution in [0.5, 0.6) is 0 Å². The third-order valence-electron chi connectivity index (χ3n) is 5.09. The summed E-state index contributed by atoms with van der Waals surface area (Å²) in [6.45, 7) is 8.24. The van der Waals surface area contributed by atoms with E-state index in [9.17, 15) is 4.79 Å². The largest absolute Gasteiger partial charge is 0.444 e. The van der Waals surface area contributed by atoms with E-state index in [0.29, 0.717) is 0 Å². The molecule has 3 rings (SSSR count). The summed E-state index contributed by atoms with van der Waals surface area (Å²) in [7, 11) is 1.84. The van der Waals surface area contributed by atoms with Gasteiger partial charge < -0.3 is 9.64 Å². The van der Waals surface area contributed by atoms with Crippen molar-refractivity contribution >= 4 is 17.7 Å². The van der Waals surface area contributed by atoms with Crippen LogP contribution in [0.15, 0.2) is 54.6 Å². The molecule has 0 radical (unpaired) electrons. The number of likely N-dealkylation sites (N-methyl/N-ethyl adjacent to an activating group) is 1. The van der Waals surface area contributed by atoms with E-state index in [4.69, 9.17) is 16.3 Å². The van der Waals surface area contributed by atoms with E-state index in [0.717, 1.165) is 24.7 Å². The predicted molar refractivity (Wildman–Crippen MR) is 114 cm³/mol. The highest BCUT2D eigenvalue weighted by Gasteiger charge is 2.39. The molecule has 0 bridgehead atoms. The lowest BCUT2D eigenvalue weighted by molar-refractivity contribution is 0.0217.